The van der Waals surface area contributed by atoms with Crippen LogP contribution in [0.25, 0.3) is 0 Å². The standard InChI is InChI=1S/C12H19N3O2S/c13-12-7-6-11(10-14-12)18(16,17)15-8-4-2-1-3-5-9-15/h6-7,10H,1-5,8-9H2,(H2,13,14). The molecule has 0 spiro atoms. The highest BCUT2D eigenvalue weighted by Gasteiger charge is 2.24. The van der Waals surface area contributed by atoms with Gasteiger partial charge in [0.2, 0.25) is 10.0 Å². The van der Waals surface area contributed by atoms with Crippen molar-refractivity contribution >= 4 is 15.8 Å². The Balaban J connectivity index is 2.20. The van der Waals surface area contributed by atoms with Crippen molar-refractivity contribution in [1.82, 2.24) is 9.29 Å². The van der Waals surface area contributed by atoms with Crippen molar-refractivity contribution in [3.05, 3.63) is 18.3 Å². The van der Waals surface area contributed by atoms with E-state index >= 15 is 0 Å². The second-order valence-electron chi connectivity index (χ2n) is 4.59. The van der Waals surface area contributed by atoms with Gasteiger partial charge in [0.15, 0.2) is 0 Å². The zero-order valence-electron chi connectivity index (χ0n) is 10.4. The van der Waals surface area contributed by atoms with Gasteiger partial charge in [-0.3, -0.25) is 0 Å². The van der Waals surface area contributed by atoms with Crippen molar-refractivity contribution < 1.29 is 8.42 Å². The van der Waals surface area contributed by atoms with Crippen LogP contribution in [-0.4, -0.2) is 30.8 Å². The van der Waals surface area contributed by atoms with E-state index in [-0.39, 0.29) is 4.90 Å². The summed E-state index contributed by atoms with van der Waals surface area (Å²) in [5, 5.41) is 0. The summed E-state index contributed by atoms with van der Waals surface area (Å²) in [6.07, 6.45) is 6.61. The summed E-state index contributed by atoms with van der Waals surface area (Å²) in [5.41, 5.74) is 5.47. The third-order valence-corrected chi connectivity index (χ3v) is 5.09. The molecule has 6 heteroatoms. The molecule has 2 N–H and O–H groups in total. The van der Waals surface area contributed by atoms with E-state index in [0.29, 0.717) is 18.9 Å². The van der Waals surface area contributed by atoms with E-state index in [0.717, 1.165) is 25.7 Å². The van der Waals surface area contributed by atoms with Crippen LogP contribution in [0, 0.1) is 0 Å². The predicted molar refractivity (Wildman–Crippen MR) is 70.5 cm³/mol. The summed E-state index contributed by atoms with van der Waals surface area (Å²) in [4.78, 5) is 4.09. The number of nitrogen functional groups attached to an aromatic ring is 1. The van der Waals surface area contributed by atoms with Crippen molar-refractivity contribution in [3.63, 3.8) is 0 Å². The molecule has 0 saturated carbocycles. The van der Waals surface area contributed by atoms with Crippen molar-refractivity contribution in [2.75, 3.05) is 18.8 Å². The monoisotopic (exact) mass is 269 g/mol. The van der Waals surface area contributed by atoms with Crippen LogP contribution >= 0.6 is 0 Å². The lowest BCUT2D eigenvalue weighted by molar-refractivity contribution is 0.364. The van der Waals surface area contributed by atoms with Gasteiger partial charge in [0.1, 0.15) is 10.7 Å². The SMILES string of the molecule is Nc1ccc(S(=O)(=O)N2CCCCCCC2)cn1. The lowest BCUT2D eigenvalue weighted by Gasteiger charge is -2.23. The van der Waals surface area contributed by atoms with Crippen molar-refractivity contribution in [1.29, 1.82) is 0 Å². The van der Waals surface area contributed by atoms with Gasteiger partial charge in [-0.25, -0.2) is 13.4 Å². The summed E-state index contributed by atoms with van der Waals surface area (Å²) in [6.45, 7) is 1.21. The number of anilines is 1. The first-order valence-corrected chi connectivity index (χ1v) is 7.76. The molecule has 2 heterocycles. The summed E-state index contributed by atoms with van der Waals surface area (Å²) in [6, 6.07) is 3.05. The highest BCUT2D eigenvalue weighted by molar-refractivity contribution is 7.89. The Bertz CT molecular complexity index is 477. The Labute approximate surface area is 108 Å². The maximum Gasteiger partial charge on any atom is 0.244 e. The number of hydrogen-bond donors (Lipinski definition) is 1. The fourth-order valence-corrected chi connectivity index (χ4v) is 3.62. The Kier molecular flexibility index (Phi) is 4.19. The van der Waals surface area contributed by atoms with Crippen LogP contribution in [-0.2, 0) is 10.0 Å². The van der Waals surface area contributed by atoms with Gasteiger partial charge in [-0.1, -0.05) is 19.3 Å². The molecule has 18 heavy (non-hydrogen) atoms. The highest BCUT2D eigenvalue weighted by Crippen LogP contribution is 2.19. The summed E-state index contributed by atoms with van der Waals surface area (Å²) >= 11 is 0. The molecule has 1 aliphatic heterocycles. The van der Waals surface area contributed by atoms with E-state index in [1.165, 1.54) is 24.8 Å². The van der Waals surface area contributed by atoms with Gasteiger partial charge in [-0.2, -0.15) is 4.31 Å². The number of sulfonamides is 1. The maximum atomic E-state index is 12.4. The highest BCUT2D eigenvalue weighted by atomic mass is 32.2. The average molecular weight is 269 g/mol. The zero-order chi connectivity index (χ0) is 13.0. The molecule has 1 fully saturated rings. The summed E-state index contributed by atoms with van der Waals surface area (Å²) < 4.78 is 26.4. The van der Waals surface area contributed by atoms with E-state index in [2.05, 4.69) is 4.98 Å². The van der Waals surface area contributed by atoms with Gasteiger partial charge in [-0.05, 0) is 25.0 Å². The quantitative estimate of drug-likeness (QED) is 0.885. The fraction of sp³-hybridized carbons (Fsp3) is 0.583. The summed E-state index contributed by atoms with van der Waals surface area (Å²) in [5.74, 6) is 0.335. The smallest absolute Gasteiger partial charge is 0.244 e. The first-order chi connectivity index (χ1) is 8.60. The molecule has 0 unspecified atom stereocenters. The Morgan fingerprint density at radius 1 is 1.06 bits per heavy atom. The van der Waals surface area contributed by atoms with E-state index in [1.807, 2.05) is 0 Å². The molecule has 1 saturated heterocycles. The Morgan fingerprint density at radius 3 is 2.22 bits per heavy atom. The third kappa shape index (κ3) is 3.00. The molecule has 1 aliphatic rings. The number of nitrogens with zero attached hydrogens (tertiary/aromatic N) is 2. The normalized spacial score (nSPS) is 19.1. The van der Waals surface area contributed by atoms with Gasteiger partial charge >= 0.3 is 0 Å². The molecule has 0 aliphatic carbocycles. The van der Waals surface area contributed by atoms with Crippen molar-refractivity contribution in [3.8, 4) is 0 Å². The van der Waals surface area contributed by atoms with Gasteiger partial charge < -0.3 is 5.73 Å². The lowest BCUT2D eigenvalue weighted by atomic mass is 10.1. The van der Waals surface area contributed by atoms with Crippen LogP contribution in [0.1, 0.15) is 32.1 Å². The molecular formula is C12H19N3O2S. The lowest BCUT2D eigenvalue weighted by Crippen LogP contribution is -2.33. The molecule has 100 valence electrons. The average Bonchev–Trinajstić information content (AvgIpc) is 2.28. The molecule has 5 nitrogen and oxygen atoms in total. The van der Waals surface area contributed by atoms with Crippen LogP contribution in [0.4, 0.5) is 5.82 Å². The maximum absolute atomic E-state index is 12.4. The van der Waals surface area contributed by atoms with Gasteiger partial charge in [0, 0.05) is 19.3 Å². The number of hydrogen-bond acceptors (Lipinski definition) is 4. The zero-order valence-corrected chi connectivity index (χ0v) is 11.2. The molecule has 1 aromatic rings. The predicted octanol–water partition coefficient (Wildman–Crippen LogP) is 1.62. The minimum Gasteiger partial charge on any atom is -0.384 e. The minimum absolute atomic E-state index is 0.234. The first kappa shape index (κ1) is 13.3. The van der Waals surface area contributed by atoms with Crippen molar-refractivity contribution in [2.24, 2.45) is 0 Å². The molecule has 1 aromatic heterocycles. The third-order valence-electron chi connectivity index (χ3n) is 3.21. The number of nitrogens with two attached hydrogens (primary N) is 1. The molecular weight excluding hydrogens is 250 g/mol. The fourth-order valence-electron chi connectivity index (χ4n) is 2.15. The van der Waals surface area contributed by atoms with E-state index in [9.17, 15) is 8.42 Å². The molecule has 0 aromatic carbocycles. The second kappa shape index (κ2) is 5.67. The molecule has 0 amide bonds. The first-order valence-electron chi connectivity index (χ1n) is 6.32. The van der Waals surface area contributed by atoms with Crippen LogP contribution < -0.4 is 5.73 Å². The number of pyridine rings is 1. The molecule has 0 bridgehead atoms. The second-order valence-corrected chi connectivity index (χ2v) is 6.53. The van der Waals surface area contributed by atoms with Crippen LogP contribution in [0.2, 0.25) is 0 Å². The number of rotatable bonds is 2. The van der Waals surface area contributed by atoms with E-state index < -0.39 is 10.0 Å². The van der Waals surface area contributed by atoms with E-state index in [1.54, 1.807) is 4.31 Å². The Hall–Kier alpha value is -1.14. The molecule has 2 rings (SSSR count). The largest absolute Gasteiger partial charge is 0.384 e. The van der Waals surface area contributed by atoms with E-state index in [4.69, 9.17) is 5.73 Å². The Morgan fingerprint density at radius 2 is 1.67 bits per heavy atom. The van der Waals surface area contributed by atoms with Crippen LogP contribution in [0.5, 0.6) is 0 Å². The molecule has 0 atom stereocenters. The van der Waals surface area contributed by atoms with Crippen LogP contribution in [0.3, 0.4) is 0 Å². The van der Waals surface area contributed by atoms with Gasteiger partial charge in [0.05, 0.1) is 0 Å². The molecule has 0 radical (unpaired) electrons. The van der Waals surface area contributed by atoms with Gasteiger partial charge in [-0.15, -0.1) is 0 Å². The minimum atomic E-state index is -3.40. The summed E-state index contributed by atoms with van der Waals surface area (Å²) in [7, 11) is -3.40. The van der Waals surface area contributed by atoms with Crippen molar-refractivity contribution in [2.45, 2.75) is 37.0 Å². The van der Waals surface area contributed by atoms with Gasteiger partial charge in [0.25, 0.3) is 0 Å². The number of aromatic nitrogens is 1. The van der Waals surface area contributed by atoms with Crippen LogP contribution in [0.15, 0.2) is 23.2 Å². The topological polar surface area (TPSA) is 76.3 Å².